The van der Waals surface area contributed by atoms with Crippen LogP contribution < -0.4 is 10.5 Å². The minimum atomic E-state index is -0.323. The van der Waals surface area contributed by atoms with Crippen LogP contribution in [0, 0.1) is 5.82 Å². The largest absolute Gasteiger partial charge is 0.496 e. The molecule has 4 nitrogen and oxygen atoms in total. The predicted octanol–water partition coefficient (Wildman–Crippen LogP) is 2.67. The fourth-order valence-corrected chi connectivity index (χ4v) is 1.67. The first-order chi connectivity index (χ1) is 9.70. The highest BCUT2D eigenvalue weighted by Crippen LogP contribution is 2.18. The Bertz CT molecular complexity index is 597. The van der Waals surface area contributed by atoms with Gasteiger partial charge in [-0.15, -0.1) is 0 Å². The number of nitrogens with zero attached hydrogens (tertiary/aromatic N) is 1. The number of hydrogen-bond donors (Lipinski definition) is 1. The molecule has 0 atom stereocenters. The second-order valence-electron chi connectivity index (χ2n) is 4.07. The molecule has 20 heavy (non-hydrogen) atoms. The van der Waals surface area contributed by atoms with Crippen LogP contribution in [0.5, 0.6) is 5.75 Å². The van der Waals surface area contributed by atoms with Crippen molar-refractivity contribution in [2.75, 3.05) is 7.11 Å². The van der Waals surface area contributed by atoms with Crippen LogP contribution in [0.1, 0.15) is 11.1 Å². The molecule has 2 rings (SSSR count). The average molecular weight is 274 g/mol. The Balaban J connectivity index is 2.00. The summed E-state index contributed by atoms with van der Waals surface area (Å²) in [7, 11) is 1.59. The molecule has 0 saturated heterocycles. The van der Waals surface area contributed by atoms with Crippen LogP contribution >= 0.6 is 0 Å². The first-order valence-electron chi connectivity index (χ1n) is 6.04. The minimum absolute atomic E-state index is 0.194. The van der Waals surface area contributed by atoms with Crippen molar-refractivity contribution < 1.29 is 14.0 Å². The molecule has 0 spiro atoms. The Morgan fingerprint density at radius 1 is 1.15 bits per heavy atom. The molecule has 104 valence electrons. The predicted molar refractivity (Wildman–Crippen MR) is 74.9 cm³/mol. The summed E-state index contributed by atoms with van der Waals surface area (Å²) < 4.78 is 18.0. The van der Waals surface area contributed by atoms with Crippen LogP contribution in [-0.4, -0.2) is 12.9 Å². The Hall–Kier alpha value is -2.56. The van der Waals surface area contributed by atoms with E-state index in [2.05, 4.69) is 5.16 Å². The number of oxime groups is 1. The summed E-state index contributed by atoms with van der Waals surface area (Å²) in [6.45, 7) is 0.242. The molecule has 0 aromatic heterocycles. The zero-order valence-electron chi connectivity index (χ0n) is 11.0. The van der Waals surface area contributed by atoms with Gasteiger partial charge in [-0.1, -0.05) is 23.4 Å². The molecule has 0 aliphatic carbocycles. The van der Waals surface area contributed by atoms with E-state index in [1.807, 2.05) is 24.3 Å². The van der Waals surface area contributed by atoms with E-state index in [1.54, 1.807) is 19.2 Å². The Morgan fingerprint density at radius 3 is 2.55 bits per heavy atom. The Labute approximate surface area is 116 Å². The lowest BCUT2D eigenvalue weighted by molar-refractivity contribution is 0.128. The molecule has 2 aromatic rings. The van der Waals surface area contributed by atoms with Crippen LogP contribution in [0.4, 0.5) is 4.39 Å². The molecule has 0 fully saturated rings. The first kappa shape index (κ1) is 13.9. The van der Waals surface area contributed by atoms with Crippen LogP contribution in [0.2, 0.25) is 0 Å². The number of benzene rings is 2. The van der Waals surface area contributed by atoms with E-state index in [0.717, 1.165) is 11.3 Å². The number of amidine groups is 1. The molecule has 0 amide bonds. The fraction of sp³-hybridized carbons (Fsp3) is 0.133. The quantitative estimate of drug-likeness (QED) is 0.518. The second-order valence-corrected chi connectivity index (χ2v) is 4.07. The van der Waals surface area contributed by atoms with Gasteiger partial charge in [0.15, 0.2) is 5.84 Å². The first-order valence-corrected chi connectivity index (χ1v) is 6.04. The SMILES string of the molecule is COc1ccccc1CON=C(N)c1ccc(F)cc1. The van der Waals surface area contributed by atoms with Crippen LogP contribution in [0.15, 0.2) is 53.7 Å². The van der Waals surface area contributed by atoms with Crippen molar-refractivity contribution >= 4 is 5.84 Å². The van der Waals surface area contributed by atoms with Gasteiger partial charge in [-0.2, -0.15) is 0 Å². The van der Waals surface area contributed by atoms with Crippen LogP contribution in [0.3, 0.4) is 0 Å². The number of rotatable bonds is 5. The summed E-state index contributed by atoms with van der Waals surface area (Å²) in [4.78, 5) is 5.20. The molecule has 5 heteroatoms. The van der Waals surface area contributed by atoms with E-state index in [1.165, 1.54) is 12.1 Å². The average Bonchev–Trinajstić information content (AvgIpc) is 2.48. The molecule has 0 heterocycles. The van der Waals surface area contributed by atoms with Crippen molar-refractivity contribution in [3.8, 4) is 5.75 Å². The molecule has 0 saturated carbocycles. The van der Waals surface area contributed by atoms with E-state index >= 15 is 0 Å². The van der Waals surface area contributed by atoms with E-state index < -0.39 is 0 Å². The number of hydrogen-bond acceptors (Lipinski definition) is 3. The molecule has 2 aromatic carbocycles. The van der Waals surface area contributed by atoms with E-state index in [9.17, 15) is 4.39 Å². The molecular formula is C15H15FN2O2. The maximum atomic E-state index is 12.8. The van der Waals surface area contributed by atoms with Gasteiger partial charge in [0.25, 0.3) is 0 Å². The zero-order valence-corrected chi connectivity index (χ0v) is 11.0. The highest BCUT2D eigenvalue weighted by molar-refractivity contribution is 5.96. The van der Waals surface area contributed by atoms with Gasteiger partial charge in [0.05, 0.1) is 7.11 Å². The monoisotopic (exact) mass is 274 g/mol. The minimum Gasteiger partial charge on any atom is -0.496 e. The molecule has 0 unspecified atom stereocenters. The molecule has 0 aliphatic rings. The second kappa shape index (κ2) is 6.56. The molecule has 0 aliphatic heterocycles. The lowest BCUT2D eigenvalue weighted by Gasteiger charge is -2.07. The summed E-state index contributed by atoms with van der Waals surface area (Å²) in [5.41, 5.74) is 7.22. The molecular weight excluding hydrogens is 259 g/mol. The Kier molecular flexibility index (Phi) is 4.55. The number of para-hydroxylation sites is 1. The lowest BCUT2D eigenvalue weighted by Crippen LogP contribution is -2.13. The summed E-state index contributed by atoms with van der Waals surface area (Å²) in [5, 5.41) is 3.81. The fourth-order valence-electron chi connectivity index (χ4n) is 1.67. The van der Waals surface area contributed by atoms with Crippen molar-refractivity contribution in [1.29, 1.82) is 0 Å². The number of halogens is 1. The van der Waals surface area contributed by atoms with E-state index in [-0.39, 0.29) is 18.3 Å². The van der Waals surface area contributed by atoms with Gasteiger partial charge in [0, 0.05) is 11.1 Å². The van der Waals surface area contributed by atoms with Crippen molar-refractivity contribution in [3.63, 3.8) is 0 Å². The molecule has 0 radical (unpaired) electrons. The number of methoxy groups -OCH3 is 1. The van der Waals surface area contributed by atoms with Crippen molar-refractivity contribution in [3.05, 3.63) is 65.5 Å². The highest BCUT2D eigenvalue weighted by Gasteiger charge is 2.03. The third kappa shape index (κ3) is 3.47. The van der Waals surface area contributed by atoms with Crippen molar-refractivity contribution in [2.24, 2.45) is 10.9 Å². The van der Waals surface area contributed by atoms with Gasteiger partial charge in [-0.3, -0.25) is 0 Å². The third-order valence-corrected chi connectivity index (χ3v) is 2.72. The van der Waals surface area contributed by atoms with E-state index in [0.29, 0.717) is 5.56 Å². The van der Waals surface area contributed by atoms with Crippen molar-refractivity contribution in [1.82, 2.24) is 0 Å². The maximum Gasteiger partial charge on any atom is 0.170 e. The summed E-state index contributed by atoms with van der Waals surface area (Å²) in [6, 6.07) is 13.2. The number of nitrogens with two attached hydrogens (primary N) is 1. The molecule has 0 bridgehead atoms. The number of ether oxygens (including phenoxy) is 1. The van der Waals surface area contributed by atoms with Gasteiger partial charge < -0.3 is 15.3 Å². The molecule has 2 N–H and O–H groups in total. The van der Waals surface area contributed by atoms with Gasteiger partial charge in [0.1, 0.15) is 18.2 Å². The summed E-state index contributed by atoms with van der Waals surface area (Å²) in [6.07, 6.45) is 0. The lowest BCUT2D eigenvalue weighted by atomic mass is 10.2. The van der Waals surface area contributed by atoms with Crippen molar-refractivity contribution in [2.45, 2.75) is 6.61 Å². The third-order valence-electron chi connectivity index (χ3n) is 2.72. The highest BCUT2D eigenvalue weighted by atomic mass is 19.1. The van der Waals surface area contributed by atoms with Gasteiger partial charge in [-0.05, 0) is 30.3 Å². The summed E-state index contributed by atoms with van der Waals surface area (Å²) in [5.74, 6) is 0.597. The summed E-state index contributed by atoms with van der Waals surface area (Å²) >= 11 is 0. The van der Waals surface area contributed by atoms with Crippen LogP contribution in [-0.2, 0) is 11.4 Å². The van der Waals surface area contributed by atoms with Gasteiger partial charge in [0.2, 0.25) is 0 Å². The standard InChI is InChI=1S/C15H15FN2O2/c1-19-14-5-3-2-4-12(14)10-20-18-15(17)11-6-8-13(16)9-7-11/h2-9H,10H2,1H3,(H2,17,18). The Morgan fingerprint density at radius 2 is 1.85 bits per heavy atom. The topological polar surface area (TPSA) is 56.8 Å². The zero-order chi connectivity index (χ0) is 14.4. The van der Waals surface area contributed by atoms with Gasteiger partial charge in [-0.25, -0.2) is 4.39 Å². The maximum absolute atomic E-state index is 12.8. The normalized spacial score (nSPS) is 11.2. The van der Waals surface area contributed by atoms with Gasteiger partial charge >= 0.3 is 0 Å². The van der Waals surface area contributed by atoms with Crippen LogP contribution in [0.25, 0.3) is 0 Å². The van der Waals surface area contributed by atoms with E-state index in [4.69, 9.17) is 15.3 Å². The smallest absolute Gasteiger partial charge is 0.170 e.